The first-order valence-electron chi connectivity index (χ1n) is 6.91. The maximum Gasteiger partial charge on any atom is 0.162 e. The molecule has 0 aliphatic rings. The summed E-state index contributed by atoms with van der Waals surface area (Å²) in [5, 5.41) is 9.57. The van der Waals surface area contributed by atoms with Gasteiger partial charge in [-0.25, -0.2) is 0 Å². The summed E-state index contributed by atoms with van der Waals surface area (Å²) >= 11 is 5.81. The van der Waals surface area contributed by atoms with E-state index in [1.807, 2.05) is 6.92 Å². The van der Waals surface area contributed by atoms with Gasteiger partial charge in [-0.3, -0.25) is 0 Å². The zero-order valence-electron chi connectivity index (χ0n) is 12.2. The third-order valence-electron chi connectivity index (χ3n) is 2.80. The molecule has 0 unspecified atom stereocenters. The van der Waals surface area contributed by atoms with E-state index < -0.39 is 0 Å². The predicted octanol–water partition coefficient (Wildman–Crippen LogP) is 4.07. The van der Waals surface area contributed by atoms with Crippen LogP contribution in [0.4, 0.5) is 0 Å². The number of nitriles is 1. The van der Waals surface area contributed by atoms with Crippen LogP contribution in [-0.2, 0) is 0 Å². The average molecular weight is 318 g/mol. The summed E-state index contributed by atoms with van der Waals surface area (Å²) in [6, 6.07) is 14.3. The van der Waals surface area contributed by atoms with Gasteiger partial charge in [-0.05, 0) is 43.3 Å². The van der Waals surface area contributed by atoms with E-state index in [2.05, 4.69) is 6.07 Å². The molecule has 0 N–H and O–H groups in total. The SMILES string of the molecule is CCOc1cc(C#N)ccc1OCCOc1ccc(Cl)cc1. The summed E-state index contributed by atoms with van der Waals surface area (Å²) in [4.78, 5) is 0. The zero-order valence-corrected chi connectivity index (χ0v) is 13.0. The van der Waals surface area contributed by atoms with Gasteiger partial charge in [0, 0.05) is 11.1 Å². The molecule has 0 bridgehead atoms. The molecule has 5 heteroatoms. The van der Waals surface area contributed by atoms with Crippen LogP contribution in [0.25, 0.3) is 0 Å². The monoisotopic (exact) mass is 317 g/mol. The topological polar surface area (TPSA) is 51.5 Å². The van der Waals surface area contributed by atoms with Crippen LogP contribution in [-0.4, -0.2) is 19.8 Å². The summed E-state index contributed by atoms with van der Waals surface area (Å²) in [6.07, 6.45) is 0. The zero-order chi connectivity index (χ0) is 15.8. The van der Waals surface area contributed by atoms with E-state index in [-0.39, 0.29) is 0 Å². The maximum absolute atomic E-state index is 8.91. The van der Waals surface area contributed by atoms with Crippen molar-refractivity contribution < 1.29 is 14.2 Å². The Labute approximate surface area is 134 Å². The van der Waals surface area contributed by atoms with E-state index in [1.54, 1.807) is 42.5 Å². The fourth-order valence-corrected chi connectivity index (χ4v) is 1.93. The fraction of sp³-hybridized carbons (Fsp3) is 0.235. The van der Waals surface area contributed by atoms with Gasteiger partial charge in [0.1, 0.15) is 19.0 Å². The molecule has 114 valence electrons. The lowest BCUT2D eigenvalue weighted by Gasteiger charge is -2.12. The van der Waals surface area contributed by atoms with Crippen LogP contribution in [0.5, 0.6) is 17.2 Å². The first kappa shape index (κ1) is 16.0. The summed E-state index contributed by atoms with van der Waals surface area (Å²) in [6.45, 7) is 3.15. The Morgan fingerprint density at radius 1 is 0.955 bits per heavy atom. The molecule has 22 heavy (non-hydrogen) atoms. The highest BCUT2D eigenvalue weighted by Crippen LogP contribution is 2.28. The van der Waals surface area contributed by atoms with Crippen LogP contribution in [0.1, 0.15) is 12.5 Å². The molecule has 0 saturated heterocycles. The van der Waals surface area contributed by atoms with Crippen molar-refractivity contribution in [1.29, 1.82) is 5.26 Å². The number of halogens is 1. The Morgan fingerprint density at radius 2 is 1.68 bits per heavy atom. The van der Waals surface area contributed by atoms with Gasteiger partial charge in [0.05, 0.1) is 18.2 Å². The molecular formula is C17H16ClNO3. The molecule has 2 aromatic carbocycles. The second-order valence-electron chi connectivity index (χ2n) is 4.36. The molecule has 0 aliphatic heterocycles. The van der Waals surface area contributed by atoms with Gasteiger partial charge in [-0.2, -0.15) is 5.26 Å². The molecule has 0 spiro atoms. The minimum absolute atomic E-state index is 0.370. The highest BCUT2D eigenvalue weighted by molar-refractivity contribution is 6.30. The highest BCUT2D eigenvalue weighted by Gasteiger charge is 2.06. The number of nitrogens with zero attached hydrogens (tertiary/aromatic N) is 1. The van der Waals surface area contributed by atoms with E-state index >= 15 is 0 Å². The van der Waals surface area contributed by atoms with Gasteiger partial charge in [-0.1, -0.05) is 11.6 Å². The van der Waals surface area contributed by atoms with E-state index in [0.29, 0.717) is 41.9 Å². The van der Waals surface area contributed by atoms with Gasteiger partial charge < -0.3 is 14.2 Å². The molecule has 0 amide bonds. The van der Waals surface area contributed by atoms with Crippen molar-refractivity contribution in [3.8, 4) is 23.3 Å². The van der Waals surface area contributed by atoms with Crippen molar-refractivity contribution in [3.63, 3.8) is 0 Å². The van der Waals surface area contributed by atoms with Crippen LogP contribution < -0.4 is 14.2 Å². The molecule has 0 fully saturated rings. The first-order chi connectivity index (χ1) is 10.7. The summed E-state index contributed by atoms with van der Waals surface area (Å²) < 4.78 is 16.7. The largest absolute Gasteiger partial charge is 0.490 e. The van der Waals surface area contributed by atoms with Gasteiger partial charge >= 0.3 is 0 Å². The number of hydrogen-bond donors (Lipinski definition) is 0. The van der Waals surface area contributed by atoms with E-state index in [1.165, 1.54) is 0 Å². The molecule has 0 saturated carbocycles. The van der Waals surface area contributed by atoms with Crippen molar-refractivity contribution in [2.45, 2.75) is 6.92 Å². The van der Waals surface area contributed by atoms with Crippen LogP contribution in [0.3, 0.4) is 0 Å². The lowest BCUT2D eigenvalue weighted by molar-refractivity contribution is 0.208. The highest BCUT2D eigenvalue weighted by atomic mass is 35.5. The first-order valence-corrected chi connectivity index (χ1v) is 7.29. The molecule has 0 aliphatic carbocycles. The Hall–Kier alpha value is -2.38. The number of benzene rings is 2. The van der Waals surface area contributed by atoms with Crippen LogP contribution in [0.2, 0.25) is 5.02 Å². The van der Waals surface area contributed by atoms with Crippen LogP contribution in [0, 0.1) is 11.3 Å². The summed E-state index contributed by atoms with van der Waals surface area (Å²) in [7, 11) is 0. The third-order valence-corrected chi connectivity index (χ3v) is 3.05. The van der Waals surface area contributed by atoms with Crippen molar-refractivity contribution in [3.05, 3.63) is 53.1 Å². The molecule has 2 aromatic rings. The van der Waals surface area contributed by atoms with E-state index in [4.69, 9.17) is 31.1 Å². The molecule has 0 radical (unpaired) electrons. The summed E-state index contributed by atoms with van der Waals surface area (Å²) in [5.41, 5.74) is 0.535. The van der Waals surface area contributed by atoms with Gasteiger partial charge in [0.15, 0.2) is 11.5 Å². The van der Waals surface area contributed by atoms with Crippen molar-refractivity contribution in [1.82, 2.24) is 0 Å². The number of hydrogen-bond acceptors (Lipinski definition) is 4. The third kappa shape index (κ3) is 4.57. The lowest BCUT2D eigenvalue weighted by atomic mass is 10.2. The van der Waals surface area contributed by atoms with E-state index in [9.17, 15) is 0 Å². The fourth-order valence-electron chi connectivity index (χ4n) is 1.81. The van der Waals surface area contributed by atoms with Crippen molar-refractivity contribution in [2.24, 2.45) is 0 Å². The minimum Gasteiger partial charge on any atom is -0.490 e. The predicted molar refractivity (Wildman–Crippen MR) is 84.8 cm³/mol. The smallest absolute Gasteiger partial charge is 0.162 e. The molecule has 2 rings (SSSR count). The molecule has 0 atom stereocenters. The standard InChI is InChI=1S/C17H16ClNO3/c1-2-20-17-11-13(12-19)3-8-16(17)22-10-9-21-15-6-4-14(18)5-7-15/h3-8,11H,2,9-10H2,1H3. The Balaban J connectivity index is 1.88. The van der Waals surface area contributed by atoms with Gasteiger partial charge in [-0.15, -0.1) is 0 Å². The maximum atomic E-state index is 8.91. The minimum atomic E-state index is 0.370. The van der Waals surface area contributed by atoms with Crippen LogP contribution >= 0.6 is 11.6 Å². The molecule has 0 aromatic heterocycles. The quantitative estimate of drug-likeness (QED) is 0.722. The molecule has 4 nitrogen and oxygen atoms in total. The number of ether oxygens (including phenoxy) is 3. The van der Waals surface area contributed by atoms with Gasteiger partial charge in [0.2, 0.25) is 0 Å². The second-order valence-corrected chi connectivity index (χ2v) is 4.79. The van der Waals surface area contributed by atoms with E-state index in [0.717, 1.165) is 5.75 Å². The second kappa shape index (κ2) is 8.16. The Bertz CT molecular complexity index is 650. The van der Waals surface area contributed by atoms with Crippen LogP contribution in [0.15, 0.2) is 42.5 Å². The number of rotatable bonds is 7. The average Bonchev–Trinajstić information content (AvgIpc) is 2.54. The molecule has 0 heterocycles. The molecular weight excluding hydrogens is 302 g/mol. The Kier molecular flexibility index (Phi) is 5.93. The normalized spacial score (nSPS) is 9.86. The Morgan fingerprint density at radius 3 is 2.36 bits per heavy atom. The van der Waals surface area contributed by atoms with Crippen molar-refractivity contribution >= 4 is 11.6 Å². The summed E-state index contributed by atoms with van der Waals surface area (Å²) in [5.74, 6) is 1.89. The van der Waals surface area contributed by atoms with Crippen molar-refractivity contribution in [2.75, 3.05) is 19.8 Å². The van der Waals surface area contributed by atoms with Gasteiger partial charge in [0.25, 0.3) is 0 Å². The lowest BCUT2D eigenvalue weighted by Crippen LogP contribution is -2.09.